The Bertz CT molecular complexity index is 521. The van der Waals surface area contributed by atoms with Gasteiger partial charge in [0.1, 0.15) is 6.04 Å². The summed E-state index contributed by atoms with van der Waals surface area (Å²) in [6.07, 6.45) is 0. The van der Waals surface area contributed by atoms with Gasteiger partial charge in [-0.25, -0.2) is 13.6 Å². The van der Waals surface area contributed by atoms with Crippen molar-refractivity contribution in [3.63, 3.8) is 0 Å². The van der Waals surface area contributed by atoms with Crippen molar-refractivity contribution in [2.45, 2.75) is 19.9 Å². The molecule has 0 fully saturated rings. The molecule has 0 aliphatic heterocycles. The van der Waals surface area contributed by atoms with Gasteiger partial charge in [-0.2, -0.15) is 0 Å². The van der Waals surface area contributed by atoms with Crippen LogP contribution in [0.15, 0.2) is 18.2 Å². The number of aliphatic carboxylic acids is 2. The summed E-state index contributed by atoms with van der Waals surface area (Å²) >= 11 is 0. The van der Waals surface area contributed by atoms with Gasteiger partial charge in [0.2, 0.25) is 0 Å². The van der Waals surface area contributed by atoms with Crippen LogP contribution in [0, 0.1) is 17.6 Å². The van der Waals surface area contributed by atoms with Crippen LogP contribution in [0.2, 0.25) is 0 Å². The molecule has 0 aliphatic carbocycles. The maximum absolute atomic E-state index is 13.2. The topological polar surface area (TPSA) is 77.8 Å². The van der Waals surface area contributed by atoms with Crippen LogP contribution in [0.5, 0.6) is 0 Å². The molecule has 0 radical (unpaired) electrons. The van der Waals surface area contributed by atoms with Gasteiger partial charge in [0.15, 0.2) is 11.6 Å². The lowest BCUT2D eigenvalue weighted by Gasteiger charge is -2.30. The molecule has 2 atom stereocenters. The van der Waals surface area contributed by atoms with Crippen molar-refractivity contribution < 1.29 is 28.6 Å². The fourth-order valence-corrected chi connectivity index (χ4v) is 1.66. The molecule has 1 aromatic rings. The third-order valence-corrected chi connectivity index (χ3v) is 2.95. The normalized spacial score (nSPS) is 13.6. The molecule has 1 aromatic carbocycles. The number of hydrogen-bond donors (Lipinski definition) is 2. The molecule has 1 rings (SSSR count). The molecule has 2 unspecified atom stereocenters. The first-order valence-electron chi connectivity index (χ1n) is 5.91. The number of carbonyl (C=O) groups is 2. The first kappa shape index (κ1) is 15.9. The third kappa shape index (κ3) is 3.66. The van der Waals surface area contributed by atoms with Crippen molar-refractivity contribution in [3.05, 3.63) is 29.8 Å². The molecular weight excluding hydrogens is 272 g/mol. The number of halogens is 2. The van der Waals surface area contributed by atoms with Gasteiger partial charge < -0.3 is 15.1 Å². The predicted octanol–water partition coefficient (Wildman–Crippen LogP) is 1.96. The minimum Gasteiger partial charge on any atom is -0.481 e. The molecule has 2 N–H and O–H groups in total. The summed E-state index contributed by atoms with van der Waals surface area (Å²) in [5.41, 5.74) is 0.118. The summed E-state index contributed by atoms with van der Waals surface area (Å²) < 4.78 is 26.1. The summed E-state index contributed by atoms with van der Waals surface area (Å²) in [5.74, 6) is -5.32. The second kappa shape index (κ2) is 6.31. The van der Waals surface area contributed by atoms with Crippen molar-refractivity contribution in [2.24, 2.45) is 5.92 Å². The average molecular weight is 287 g/mol. The van der Waals surface area contributed by atoms with Gasteiger partial charge in [-0.1, -0.05) is 6.92 Å². The van der Waals surface area contributed by atoms with Gasteiger partial charge in [0.25, 0.3) is 0 Å². The molecule has 0 saturated carbocycles. The van der Waals surface area contributed by atoms with E-state index in [0.29, 0.717) is 0 Å². The fraction of sp³-hybridized carbons (Fsp3) is 0.385. The van der Waals surface area contributed by atoms with E-state index >= 15 is 0 Å². The Morgan fingerprint density at radius 3 is 2.20 bits per heavy atom. The number of carboxylic acids is 2. The number of hydrogen-bond acceptors (Lipinski definition) is 3. The standard InChI is InChI=1S/C13H15F2NO4/c1-7(12(17)18)6-16(8(2)13(19)20)9-3-4-10(14)11(15)5-9/h3-5,7-8H,6H2,1-2H3,(H,17,18)(H,19,20). The van der Waals surface area contributed by atoms with Crippen LogP contribution in [0.25, 0.3) is 0 Å². The van der Waals surface area contributed by atoms with Crippen LogP contribution in [-0.2, 0) is 9.59 Å². The van der Waals surface area contributed by atoms with Gasteiger partial charge >= 0.3 is 11.9 Å². The zero-order valence-corrected chi connectivity index (χ0v) is 11.0. The minimum absolute atomic E-state index is 0.118. The Labute approximate surface area is 114 Å². The van der Waals surface area contributed by atoms with E-state index < -0.39 is 35.5 Å². The van der Waals surface area contributed by atoms with E-state index in [1.165, 1.54) is 24.8 Å². The van der Waals surface area contributed by atoms with E-state index in [-0.39, 0.29) is 12.2 Å². The van der Waals surface area contributed by atoms with E-state index in [9.17, 15) is 18.4 Å². The molecule has 5 nitrogen and oxygen atoms in total. The summed E-state index contributed by atoms with van der Waals surface area (Å²) in [6, 6.07) is 1.87. The SMILES string of the molecule is CC(CN(c1ccc(F)c(F)c1)C(C)C(=O)O)C(=O)O. The molecule has 7 heteroatoms. The number of rotatable bonds is 6. The van der Waals surface area contributed by atoms with E-state index in [2.05, 4.69) is 0 Å². The van der Waals surface area contributed by atoms with Crippen LogP contribution in [-0.4, -0.2) is 34.7 Å². The molecular formula is C13H15F2NO4. The van der Waals surface area contributed by atoms with Crippen molar-refractivity contribution in [1.29, 1.82) is 0 Å². The zero-order valence-electron chi connectivity index (χ0n) is 11.0. The van der Waals surface area contributed by atoms with Crippen LogP contribution in [0.3, 0.4) is 0 Å². The second-order valence-electron chi connectivity index (χ2n) is 4.50. The summed E-state index contributed by atoms with van der Waals surface area (Å²) in [4.78, 5) is 23.1. The van der Waals surface area contributed by atoms with Gasteiger partial charge in [0, 0.05) is 18.3 Å². The van der Waals surface area contributed by atoms with Crippen LogP contribution in [0.1, 0.15) is 13.8 Å². The first-order valence-corrected chi connectivity index (χ1v) is 5.91. The first-order chi connectivity index (χ1) is 9.23. The number of benzene rings is 1. The lowest BCUT2D eigenvalue weighted by Crippen LogP contribution is -2.43. The lowest BCUT2D eigenvalue weighted by molar-refractivity contribution is -0.142. The Morgan fingerprint density at radius 1 is 1.15 bits per heavy atom. The summed E-state index contributed by atoms with van der Waals surface area (Å²) in [7, 11) is 0. The van der Waals surface area contributed by atoms with Crippen molar-refractivity contribution in [1.82, 2.24) is 0 Å². The number of anilines is 1. The molecule has 0 amide bonds. The zero-order chi connectivity index (χ0) is 15.4. The molecule has 0 aromatic heterocycles. The minimum atomic E-state index is -1.19. The largest absolute Gasteiger partial charge is 0.481 e. The summed E-state index contributed by atoms with van der Waals surface area (Å²) in [6.45, 7) is 2.62. The highest BCUT2D eigenvalue weighted by molar-refractivity contribution is 5.78. The van der Waals surface area contributed by atoms with Gasteiger partial charge in [-0.15, -0.1) is 0 Å². The highest BCUT2D eigenvalue weighted by Gasteiger charge is 2.25. The molecule has 110 valence electrons. The highest BCUT2D eigenvalue weighted by atomic mass is 19.2. The molecule has 0 heterocycles. The van der Waals surface area contributed by atoms with Crippen LogP contribution >= 0.6 is 0 Å². The van der Waals surface area contributed by atoms with E-state index in [1.807, 2.05) is 0 Å². The molecule has 0 spiro atoms. The average Bonchev–Trinajstić information content (AvgIpc) is 2.38. The van der Waals surface area contributed by atoms with E-state index in [4.69, 9.17) is 10.2 Å². The molecule has 0 saturated heterocycles. The molecule has 0 aliphatic rings. The monoisotopic (exact) mass is 287 g/mol. The smallest absolute Gasteiger partial charge is 0.326 e. The summed E-state index contributed by atoms with van der Waals surface area (Å²) in [5, 5.41) is 17.9. The quantitative estimate of drug-likeness (QED) is 0.836. The maximum Gasteiger partial charge on any atom is 0.326 e. The van der Waals surface area contributed by atoms with Gasteiger partial charge in [-0.05, 0) is 19.1 Å². The Hall–Kier alpha value is -2.18. The lowest BCUT2D eigenvalue weighted by atomic mass is 10.1. The van der Waals surface area contributed by atoms with Crippen molar-refractivity contribution in [2.75, 3.05) is 11.4 Å². The predicted molar refractivity (Wildman–Crippen MR) is 67.6 cm³/mol. The Kier molecular flexibility index (Phi) is 5.01. The van der Waals surface area contributed by atoms with E-state index in [0.717, 1.165) is 12.1 Å². The fourth-order valence-electron chi connectivity index (χ4n) is 1.66. The second-order valence-corrected chi connectivity index (χ2v) is 4.50. The van der Waals surface area contributed by atoms with E-state index in [1.54, 1.807) is 0 Å². The Morgan fingerprint density at radius 2 is 1.75 bits per heavy atom. The van der Waals surface area contributed by atoms with Crippen molar-refractivity contribution in [3.8, 4) is 0 Å². The highest BCUT2D eigenvalue weighted by Crippen LogP contribution is 2.21. The number of nitrogens with zero attached hydrogens (tertiary/aromatic N) is 1. The molecule has 0 bridgehead atoms. The van der Waals surface area contributed by atoms with Crippen molar-refractivity contribution >= 4 is 17.6 Å². The van der Waals surface area contributed by atoms with Crippen LogP contribution < -0.4 is 4.90 Å². The maximum atomic E-state index is 13.2. The third-order valence-electron chi connectivity index (χ3n) is 2.95. The van der Waals surface area contributed by atoms with Crippen LogP contribution in [0.4, 0.5) is 14.5 Å². The molecule has 20 heavy (non-hydrogen) atoms. The van der Waals surface area contributed by atoms with Gasteiger partial charge in [-0.3, -0.25) is 4.79 Å². The number of carboxylic acid groups (broad SMARTS) is 2. The Balaban J connectivity index is 3.12. The van der Waals surface area contributed by atoms with Gasteiger partial charge in [0.05, 0.1) is 5.92 Å².